The van der Waals surface area contributed by atoms with Crippen molar-refractivity contribution < 1.29 is 24.5 Å². The Labute approximate surface area is 197 Å². The summed E-state index contributed by atoms with van der Waals surface area (Å²) < 4.78 is 5.82. The molecule has 5 rings (SSSR count). The first-order valence-corrected chi connectivity index (χ1v) is 11.1. The SMILES string of the molecule is NC1Cc2ccc(cc2)Oc2cc(ccc2O)CCNC(=O)C(Cc2ccc(O)cc2)NC1=O. The number of nitrogens with two attached hydrogens (primary N) is 1. The zero-order chi connectivity index (χ0) is 24.1. The number of phenols is 2. The van der Waals surface area contributed by atoms with Crippen molar-refractivity contribution in [3.63, 3.8) is 0 Å². The molecule has 3 aromatic carbocycles. The van der Waals surface area contributed by atoms with E-state index in [0.29, 0.717) is 24.5 Å². The average Bonchev–Trinajstić information content (AvgIpc) is 2.82. The molecule has 0 spiro atoms. The molecule has 0 radical (unpaired) electrons. The highest BCUT2D eigenvalue weighted by molar-refractivity contribution is 5.90. The number of aromatic hydroxyl groups is 2. The van der Waals surface area contributed by atoms with Crippen LogP contribution in [0, 0.1) is 0 Å². The number of ether oxygens (including phenoxy) is 1. The number of benzene rings is 3. The van der Waals surface area contributed by atoms with Gasteiger partial charge in [-0.05, 0) is 65.9 Å². The largest absolute Gasteiger partial charge is 0.508 e. The molecule has 8 heteroatoms. The third-order valence-electron chi connectivity index (χ3n) is 5.69. The first kappa shape index (κ1) is 23.1. The van der Waals surface area contributed by atoms with Crippen molar-refractivity contribution in [2.45, 2.75) is 31.3 Å². The molecule has 0 saturated heterocycles. The van der Waals surface area contributed by atoms with Crippen LogP contribution in [0.25, 0.3) is 0 Å². The topological polar surface area (TPSA) is 134 Å². The fourth-order valence-corrected chi connectivity index (χ4v) is 3.77. The number of hydrogen-bond donors (Lipinski definition) is 5. The summed E-state index contributed by atoms with van der Waals surface area (Å²) in [7, 11) is 0. The smallest absolute Gasteiger partial charge is 0.242 e. The lowest BCUT2D eigenvalue weighted by atomic mass is 10.0. The van der Waals surface area contributed by atoms with Crippen LogP contribution in [0.15, 0.2) is 66.7 Å². The zero-order valence-electron chi connectivity index (χ0n) is 18.5. The number of nitrogens with one attached hydrogen (secondary N) is 2. The molecule has 2 amide bonds. The van der Waals surface area contributed by atoms with E-state index in [1.165, 1.54) is 12.1 Å². The van der Waals surface area contributed by atoms with Crippen molar-refractivity contribution in [1.29, 1.82) is 0 Å². The Morgan fingerprint density at radius 2 is 1.62 bits per heavy atom. The lowest BCUT2D eigenvalue weighted by Crippen LogP contribution is -2.53. The fraction of sp³-hybridized carbons (Fsp3) is 0.231. The summed E-state index contributed by atoms with van der Waals surface area (Å²) in [4.78, 5) is 25.8. The maximum absolute atomic E-state index is 13.0. The number of fused-ring (bicyclic) bond motifs is 10. The van der Waals surface area contributed by atoms with Crippen LogP contribution in [0.3, 0.4) is 0 Å². The molecule has 0 aliphatic carbocycles. The number of carbonyl (C=O) groups excluding carboxylic acids is 2. The van der Waals surface area contributed by atoms with Crippen molar-refractivity contribution >= 4 is 11.8 Å². The molecule has 34 heavy (non-hydrogen) atoms. The van der Waals surface area contributed by atoms with Crippen molar-refractivity contribution in [3.8, 4) is 23.0 Å². The van der Waals surface area contributed by atoms with Gasteiger partial charge in [0.05, 0.1) is 6.04 Å². The van der Waals surface area contributed by atoms with Crippen LogP contribution < -0.4 is 21.1 Å². The van der Waals surface area contributed by atoms with Crippen molar-refractivity contribution in [3.05, 3.63) is 83.4 Å². The summed E-state index contributed by atoms with van der Waals surface area (Å²) in [5, 5.41) is 25.4. The van der Waals surface area contributed by atoms with Gasteiger partial charge in [-0.1, -0.05) is 30.3 Å². The maximum atomic E-state index is 13.0. The summed E-state index contributed by atoms with van der Waals surface area (Å²) in [6, 6.07) is 17.0. The van der Waals surface area contributed by atoms with E-state index < -0.39 is 18.0 Å². The van der Waals surface area contributed by atoms with Gasteiger partial charge >= 0.3 is 0 Å². The van der Waals surface area contributed by atoms with Gasteiger partial charge in [0.25, 0.3) is 0 Å². The van der Waals surface area contributed by atoms with Crippen LogP contribution in [-0.2, 0) is 28.9 Å². The molecular weight excluding hydrogens is 434 g/mol. The number of hydrogen-bond acceptors (Lipinski definition) is 6. The van der Waals surface area contributed by atoms with Crippen LogP contribution in [0.1, 0.15) is 16.7 Å². The van der Waals surface area contributed by atoms with Crippen LogP contribution in [0.5, 0.6) is 23.0 Å². The van der Waals surface area contributed by atoms with Gasteiger partial charge in [0.2, 0.25) is 11.8 Å². The molecule has 8 nitrogen and oxygen atoms in total. The van der Waals surface area contributed by atoms with E-state index >= 15 is 0 Å². The van der Waals surface area contributed by atoms with E-state index in [1.54, 1.807) is 42.5 Å². The number of carbonyl (C=O) groups is 2. The Balaban J connectivity index is 1.60. The molecule has 6 N–H and O–H groups in total. The Morgan fingerprint density at radius 1 is 0.912 bits per heavy atom. The minimum Gasteiger partial charge on any atom is -0.508 e. The molecule has 2 aliphatic rings. The molecule has 3 aromatic rings. The Kier molecular flexibility index (Phi) is 6.98. The van der Waals surface area contributed by atoms with Gasteiger partial charge in [-0.25, -0.2) is 0 Å². The quantitative estimate of drug-likeness (QED) is 0.397. The second kappa shape index (κ2) is 10.3. The highest BCUT2D eigenvalue weighted by Gasteiger charge is 2.24. The Bertz CT molecular complexity index is 1160. The molecule has 0 aromatic heterocycles. The molecule has 176 valence electrons. The summed E-state index contributed by atoms with van der Waals surface area (Å²) in [5.41, 5.74) is 8.63. The van der Waals surface area contributed by atoms with Crippen molar-refractivity contribution in [2.24, 2.45) is 5.73 Å². The van der Waals surface area contributed by atoms with Gasteiger partial charge in [0.15, 0.2) is 11.5 Å². The molecule has 2 heterocycles. The van der Waals surface area contributed by atoms with Gasteiger partial charge in [0.1, 0.15) is 17.5 Å². The van der Waals surface area contributed by atoms with E-state index in [2.05, 4.69) is 10.6 Å². The lowest BCUT2D eigenvalue weighted by Gasteiger charge is -2.21. The molecule has 0 saturated carbocycles. The van der Waals surface area contributed by atoms with E-state index in [4.69, 9.17) is 10.5 Å². The number of amides is 2. The highest BCUT2D eigenvalue weighted by atomic mass is 16.5. The minimum atomic E-state index is -0.850. The molecule has 2 atom stereocenters. The van der Waals surface area contributed by atoms with Gasteiger partial charge in [-0.2, -0.15) is 0 Å². The second-order valence-corrected chi connectivity index (χ2v) is 8.33. The second-order valence-electron chi connectivity index (χ2n) is 8.33. The van der Waals surface area contributed by atoms with E-state index in [9.17, 15) is 19.8 Å². The number of rotatable bonds is 2. The van der Waals surface area contributed by atoms with E-state index in [0.717, 1.165) is 16.7 Å². The molecule has 2 unspecified atom stereocenters. The number of phenolic OH excluding ortho intramolecular Hbond substituents is 2. The zero-order valence-corrected chi connectivity index (χ0v) is 18.5. The van der Waals surface area contributed by atoms with Crippen LogP contribution >= 0.6 is 0 Å². The molecule has 4 bridgehead atoms. The van der Waals surface area contributed by atoms with Crippen LogP contribution in [0.4, 0.5) is 0 Å². The third-order valence-corrected chi connectivity index (χ3v) is 5.69. The van der Waals surface area contributed by atoms with E-state index in [1.807, 2.05) is 12.1 Å². The van der Waals surface area contributed by atoms with Gasteiger partial charge in [-0.3, -0.25) is 9.59 Å². The fourth-order valence-electron chi connectivity index (χ4n) is 3.77. The van der Waals surface area contributed by atoms with Crippen molar-refractivity contribution in [2.75, 3.05) is 6.54 Å². The molecule has 0 fully saturated rings. The third kappa shape index (κ3) is 5.85. The first-order valence-electron chi connectivity index (χ1n) is 11.1. The Morgan fingerprint density at radius 3 is 2.35 bits per heavy atom. The standard InChI is InChI=1S/C26H27N3O5/c27-21-13-16-3-8-20(9-4-16)34-24-15-18(5-10-23(24)31)11-12-28-26(33)22(29-25(21)32)14-17-1-6-19(30)7-2-17/h1-10,15,21-22,30-31H,11-14,27H2,(H,28,33)(H,29,32). The monoisotopic (exact) mass is 461 g/mol. The van der Waals surface area contributed by atoms with Crippen LogP contribution in [-0.4, -0.2) is 40.7 Å². The normalized spacial score (nSPS) is 19.0. The lowest BCUT2D eigenvalue weighted by molar-refractivity contribution is -0.129. The van der Waals surface area contributed by atoms with Crippen LogP contribution in [0.2, 0.25) is 0 Å². The molecule has 2 aliphatic heterocycles. The predicted octanol–water partition coefficient (Wildman–Crippen LogP) is 2.16. The van der Waals surface area contributed by atoms with Gasteiger partial charge < -0.3 is 31.3 Å². The predicted molar refractivity (Wildman–Crippen MR) is 127 cm³/mol. The first-order chi connectivity index (χ1) is 16.4. The summed E-state index contributed by atoms with van der Waals surface area (Å²) >= 11 is 0. The van der Waals surface area contributed by atoms with Gasteiger partial charge in [0, 0.05) is 13.0 Å². The summed E-state index contributed by atoms with van der Waals surface area (Å²) in [6.07, 6.45) is 1.03. The molecular formula is C26H27N3O5. The van der Waals surface area contributed by atoms with Crippen molar-refractivity contribution in [1.82, 2.24) is 10.6 Å². The summed E-state index contributed by atoms with van der Waals surface area (Å²) in [5.74, 6) is 0.231. The Hall–Kier alpha value is -4.04. The van der Waals surface area contributed by atoms with E-state index in [-0.39, 0.29) is 30.2 Å². The average molecular weight is 462 g/mol. The minimum absolute atomic E-state index is 0.0144. The van der Waals surface area contributed by atoms with Gasteiger partial charge in [-0.15, -0.1) is 0 Å². The highest BCUT2D eigenvalue weighted by Crippen LogP contribution is 2.32. The maximum Gasteiger partial charge on any atom is 0.242 e. The summed E-state index contributed by atoms with van der Waals surface area (Å²) in [6.45, 7) is 0.325.